The predicted molar refractivity (Wildman–Crippen MR) is 80.8 cm³/mol. The Morgan fingerprint density at radius 3 is 2.63 bits per heavy atom. The van der Waals surface area contributed by atoms with Gasteiger partial charge in [-0.25, -0.2) is 0 Å². The molecule has 0 aliphatic rings. The Kier molecular flexibility index (Phi) is 4.22. The lowest BCUT2D eigenvalue weighted by Gasteiger charge is -2.18. The molecule has 0 atom stereocenters. The molecule has 0 spiro atoms. The normalized spacial score (nSPS) is 10.2. The van der Waals surface area contributed by atoms with Crippen molar-refractivity contribution in [2.45, 2.75) is 6.54 Å². The van der Waals surface area contributed by atoms with Crippen LogP contribution in [0.3, 0.4) is 0 Å². The standard InChI is InChI=1S/C15H15BrN2O/c1-18(10-11-5-4-6-12(16)9-11)15(19)13-7-2-3-8-14(13)17/h2-9H,10,17H2,1H3. The SMILES string of the molecule is CN(Cc1cccc(Br)c1)C(=O)c1ccccc1N. The summed E-state index contributed by atoms with van der Waals surface area (Å²) in [7, 11) is 1.77. The summed E-state index contributed by atoms with van der Waals surface area (Å²) in [5, 5.41) is 0. The summed E-state index contributed by atoms with van der Waals surface area (Å²) in [6.07, 6.45) is 0. The summed E-state index contributed by atoms with van der Waals surface area (Å²) in [6.45, 7) is 0.548. The lowest BCUT2D eigenvalue weighted by atomic mass is 10.1. The highest BCUT2D eigenvalue weighted by Gasteiger charge is 2.14. The zero-order valence-electron chi connectivity index (χ0n) is 10.6. The Morgan fingerprint density at radius 2 is 1.95 bits per heavy atom. The van der Waals surface area contributed by atoms with Crippen molar-refractivity contribution in [2.75, 3.05) is 12.8 Å². The van der Waals surface area contributed by atoms with Crippen LogP contribution in [0.4, 0.5) is 5.69 Å². The molecule has 0 bridgehead atoms. The quantitative estimate of drug-likeness (QED) is 0.882. The summed E-state index contributed by atoms with van der Waals surface area (Å²) in [4.78, 5) is 13.9. The molecule has 0 unspecified atom stereocenters. The van der Waals surface area contributed by atoms with Gasteiger partial charge in [-0.1, -0.05) is 40.2 Å². The number of hydrogen-bond acceptors (Lipinski definition) is 2. The smallest absolute Gasteiger partial charge is 0.255 e. The molecule has 2 aromatic rings. The second-order valence-corrected chi connectivity index (χ2v) is 5.29. The Labute approximate surface area is 121 Å². The Hall–Kier alpha value is -1.81. The maximum absolute atomic E-state index is 12.3. The van der Waals surface area contributed by atoms with E-state index in [1.807, 2.05) is 36.4 Å². The summed E-state index contributed by atoms with van der Waals surface area (Å²) in [6, 6.07) is 15.0. The molecule has 0 aliphatic heterocycles. The summed E-state index contributed by atoms with van der Waals surface area (Å²) in [5.74, 6) is -0.0712. The number of nitrogens with two attached hydrogens (primary N) is 1. The maximum Gasteiger partial charge on any atom is 0.255 e. The van der Waals surface area contributed by atoms with E-state index in [9.17, 15) is 4.79 Å². The molecule has 98 valence electrons. The third-order valence-corrected chi connectivity index (χ3v) is 3.34. The second kappa shape index (κ2) is 5.89. The van der Waals surface area contributed by atoms with Gasteiger partial charge in [0.1, 0.15) is 0 Å². The molecule has 19 heavy (non-hydrogen) atoms. The van der Waals surface area contributed by atoms with Crippen LogP contribution < -0.4 is 5.73 Å². The van der Waals surface area contributed by atoms with Gasteiger partial charge in [-0.3, -0.25) is 4.79 Å². The van der Waals surface area contributed by atoms with E-state index in [1.165, 1.54) is 0 Å². The molecule has 2 N–H and O–H groups in total. The molecule has 4 heteroatoms. The van der Waals surface area contributed by atoms with Crippen LogP contribution in [0, 0.1) is 0 Å². The molecule has 0 fully saturated rings. The maximum atomic E-state index is 12.3. The number of nitrogens with zero attached hydrogens (tertiary/aromatic N) is 1. The van der Waals surface area contributed by atoms with Gasteiger partial charge in [0.15, 0.2) is 0 Å². The highest BCUT2D eigenvalue weighted by Crippen LogP contribution is 2.16. The largest absolute Gasteiger partial charge is 0.398 e. The van der Waals surface area contributed by atoms with E-state index in [1.54, 1.807) is 24.1 Å². The minimum Gasteiger partial charge on any atom is -0.398 e. The van der Waals surface area contributed by atoms with E-state index in [4.69, 9.17) is 5.73 Å². The molecule has 0 aromatic heterocycles. The van der Waals surface area contributed by atoms with Crippen LogP contribution in [0.5, 0.6) is 0 Å². The van der Waals surface area contributed by atoms with E-state index in [0.29, 0.717) is 17.8 Å². The number of benzene rings is 2. The molecular weight excluding hydrogens is 304 g/mol. The molecule has 1 amide bonds. The van der Waals surface area contributed by atoms with E-state index >= 15 is 0 Å². The van der Waals surface area contributed by atoms with Crippen molar-refractivity contribution in [2.24, 2.45) is 0 Å². The van der Waals surface area contributed by atoms with Crippen LogP contribution in [-0.2, 0) is 6.54 Å². The predicted octanol–water partition coefficient (Wildman–Crippen LogP) is 3.30. The van der Waals surface area contributed by atoms with Crippen molar-refractivity contribution in [3.05, 3.63) is 64.1 Å². The fourth-order valence-electron chi connectivity index (χ4n) is 1.88. The van der Waals surface area contributed by atoms with Crippen LogP contribution in [0.2, 0.25) is 0 Å². The van der Waals surface area contributed by atoms with Gasteiger partial charge in [-0.05, 0) is 29.8 Å². The fraction of sp³-hybridized carbons (Fsp3) is 0.133. The van der Waals surface area contributed by atoms with Gasteiger partial charge in [0.25, 0.3) is 5.91 Å². The number of carbonyl (C=O) groups excluding carboxylic acids is 1. The number of amides is 1. The first-order chi connectivity index (χ1) is 9.08. The fourth-order valence-corrected chi connectivity index (χ4v) is 2.33. The number of anilines is 1. The monoisotopic (exact) mass is 318 g/mol. The molecule has 2 rings (SSSR count). The number of carbonyl (C=O) groups is 1. The highest BCUT2D eigenvalue weighted by molar-refractivity contribution is 9.10. The molecular formula is C15H15BrN2O. The lowest BCUT2D eigenvalue weighted by Crippen LogP contribution is -2.26. The van der Waals surface area contributed by atoms with E-state index < -0.39 is 0 Å². The molecule has 0 saturated carbocycles. The third-order valence-electron chi connectivity index (χ3n) is 2.85. The minimum absolute atomic E-state index is 0.0712. The number of hydrogen-bond donors (Lipinski definition) is 1. The molecule has 0 aliphatic carbocycles. The van der Waals surface area contributed by atoms with Crippen molar-refractivity contribution in [3.8, 4) is 0 Å². The van der Waals surface area contributed by atoms with Gasteiger partial charge in [-0.15, -0.1) is 0 Å². The molecule has 0 radical (unpaired) electrons. The summed E-state index contributed by atoms with van der Waals surface area (Å²) < 4.78 is 1.00. The van der Waals surface area contributed by atoms with Crippen molar-refractivity contribution < 1.29 is 4.79 Å². The van der Waals surface area contributed by atoms with Crippen LogP contribution in [0.25, 0.3) is 0 Å². The van der Waals surface area contributed by atoms with Crippen LogP contribution in [0.1, 0.15) is 15.9 Å². The minimum atomic E-state index is -0.0712. The summed E-state index contributed by atoms with van der Waals surface area (Å²) in [5.41, 5.74) is 7.94. The van der Waals surface area contributed by atoms with Gasteiger partial charge >= 0.3 is 0 Å². The molecule has 2 aromatic carbocycles. The first-order valence-electron chi connectivity index (χ1n) is 5.92. The van der Waals surface area contributed by atoms with Gasteiger partial charge in [-0.2, -0.15) is 0 Å². The number of rotatable bonds is 3. The average molecular weight is 319 g/mol. The molecule has 0 heterocycles. The van der Waals surface area contributed by atoms with Crippen molar-refractivity contribution >= 4 is 27.5 Å². The Morgan fingerprint density at radius 1 is 1.21 bits per heavy atom. The van der Waals surface area contributed by atoms with Gasteiger partial charge in [0, 0.05) is 23.8 Å². The van der Waals surface area contributed by atoms with E-state index in [0.717, 1.165) is 10.0 Å². The topological polar surface area (TPSA) is 46.3 Å². The average Bonchev–Trinajstić information content (AvgIpc) is 2.38. The van der Waals surface area contributed by atoms with Crippen molar-refractivity contribution in [3.63, 3.8) is 0 Å². The van der Waals surface area contributed by atoms with Crippen LogP contribution in [0.15, 0.2) is 53.0 Å². The van der Waals surface area contributed by atoms with Crippen LogP contribution >= 0.6 is 15.9 Å². The molecule has 3 nitrogen and oxygen atoms in total. The van der Waals surface area contributed by atoms with Gasteiger partial charge < -0.3 is 10.6 Å². The van der Waals surface area contributed by atoms with Crippen molar-refractivity contribution in [1.29, 1.82) is 0 Å². The number of halogens is 1. The Balaban J connectivity index is 2.14. The molecule has 0 saturated heterocycles. The van der Waals surface area contributed by atoms with Gasteiger partial charge in [0.05, 0.1) is 5.56 Å². The van der Waals surface area contributed by atoms with Gasteiger partial charge in [0.2, 0.25) is 0 Å². The first-order valence-corrected chi connectivity index (χ1v) is 6.71. The zero-order valence-corrected chi connectivity index (χ0v) is 12.2. The zero-order chi connectivity index (χ0) is 13.8. The van der Waals surface area contributed by atoms with E-state index in [-0.39, 0.29) is 5.91 Å². The lowest BCUT2D eigenvalue weighted by molar-refractivity contribution is 0.0786. The number of nitrogen functional groups attached to an aromatic ring is 1. The third kappa shape index (κ3) is 3.35. The van der Waals surface area contributed by atoms with Crippen molar-refractivity contribution in [1.82, 2.24) is 4.90 Å². The summed E-state index contributed by atoms with van der Waals surface area (Å²) >= 11 is 3.42. The highest BCUT2D eigenvalue weighted by atomic mass is 79.9. The number of para-hydroxylation sites is 1. The van der Waals surface area contributed by atoms with E-state index in [2.05, 4.69) is 15.9 Å². The van der Waals surface area contributed by atoms with Crippen LogP contribution in [-0.4, -0.2) is 17.9 Å². The second-order valence-electron chi connectivity index (χ2n) is 4.38. The Bertz CT molecular complexity index is 598. The first kappa shape index (κ1) is 13.6.